The third kappa shape index (κ3) is 4.38. The van der Waals surface area contributed by atoms with Crippen LogP contribution in [0.3, 0.4) is 0 Å². The van der Waals surface area contributed by atoms with Gasteiger partial charge in [0.05, 0.1) is 17.8 Å². The average Bonchev–Trinajstić information content (AvgIpc) is 2.78. The van der Waals surface area contributed by atoms with Gasteiger partial charge in [-0.2, -0.15) is 0 Å². The topological polar surface area (TPSA) is 75.7 Å². The summed E-state index contributed by atoms with van der Waals surface area (Å²) in [4.78, 5) is 14.7. The highest BCUT2D eigenvalue weighted by molar-refractivity contribution is 7.92. The fourth-order valence-corrected chi connectivity index (χ4v) is 5.21. The van der Waals surface area contributed by atoms with Gasteiger partial charge in [-0.1, -0.05) is 35.9 Å². The number of hydrogen-bond acceptors (Lipinski definition) is 4. The number of ether oxygens (including phenoxy) is 1. The fraction of sp³-hybridized carbons (Fsp3) is 0.174. The number of fused-ring (bicyclic) bond motifs is 1. The highest BCUT2D eigenvalue weighted by Gasteiger charge is 2.25. The second-order valence-electron chi connectivity index (χ2n) is 7.17. The second-order valence-corrected chi connectivity index (χ2v) is 9.23. The lowest BCUT2D eigenvalue weighted by Crippen LogP contribution is -2.35. The Morgan fingerprint density at radius 1 is 1.06 bits per heavy atom. The Hall–Kier alpha value is -3.03. The number of nitrogens with zero attached hydrogens (tertiary/aromatic N) is 1. The minimum atomic E-state index is -3.93. The van der Waals surface area contributed by atoms with Crippen LogP contribution in [0.15, 0.2) is 71.6 Å². The number of aryl methyl sites for hydroxylation is 1. The van der Waals surface area contributed by atoms with Gasteiger partial charge >= 0.3 is 0 Å². The van der Waals surface area contributed by atoms with Crippen LogP contribution in [-0.2, 0) is 16.4 Å². The smallest absolute Gasteiger partial charge is 0.263 e. The lowest BCUT2D eigenvalue weighted by atomic mass is 10.00. The molecule has 0 aromatic heterocycles. The Morgan fingerprint density at radius 2 is 1.84 bits per heavy atom. The molecule has 31 heavy (non-hydrogen) atoms. The van der Waals surface area contributed by atoms with Crippen molar-refractivity contribution in [3.63, 3.8) is 0 Å². The van der Waals surface area contributed by atoms with Gasteiger partial charge in [0.25, 0.3) is 15.9 Å². The van der Waals surface area contributed by atoms with E-state index in [-0.39, 0.29) is 15.8 Å². The van der Waals surface area contributed by atoms with Gasteiger partial charge in [-0.3, -0.25) is 9.52 Å². The normalized spacial score (nSPS) is 13.4. The Morgan fingerprint density at radius 3 is 2.55 bits per heavy atom. The van der Waals surface area contributed by atoms with E-state index in [0.717, 1.165) is 18.4 Å². The molecule has 0 unspecified atom stereocenters. The number of carbonyl (C=O) groups excluding carboxylic acids is 1. The zero-order valence-electron chi connectivity index (χ0n) is 16.8. The maximum absolute atomic E-state index is 13.0. The van der Waals surface area contributed by atoms with Crippen LogP contribution in [-0.4, -0.2) is 28.0 Å². The van der Waals surface area contributed by atoms with Crippen LogP contribution in [0.5, 0.6) is 5.75 Å². The zero-order valence-corrected chi connectivity index (χ0v) is 18.4. The van der Waals surface area contributed by atoms with Crippen molar-refractivity contribution in [2.45, 2.75) is 17.7 Å². The molecule has 0 radical (unpaired) electrons. The molecular formula is C23H21ClN2O4S. The predicted octanol–water partition coefficient (Wildman–Crippen LogP) is 4.74. The number of benzene rings is 3. The molecule has 0 saturated heterocycles. The first-order chi connectivity index (χ1) is 14.9. The molecule has 0 spiro atoms. The number of carbonyl (C=O) groups is 1. The van der Waals surface area contributed by atoms with Crippen molar-refractivity contribution in [2.24, 2.45) is 0 Å². The van der Waals surface area contributed by atoms with E-state index in [2.05, 4.69) is 4.72 Å². The van der Waals surface area contributed by atoms with Crippen LogP contribution in [0.25, 0.3) is 0 Å². The molecule has 0 atom stereocenters. The summed E-state index contributed by atoms with van der Waals surface area (Å²) in [6.45, 7) is 0.571. The molecule has 1 aliphatic rings. The summed E-state index contributed by atoms with van der Waals surface area (Å²) in [5.41, 5.74) is 2.66. The standard InChI is InChI=1S/C23H21ClN2O4S/c1-30-19-11-12-22(20(24)15-19)31(28,29)25-18-10-9-16-8-5-13-26(21(16)14-18)23(27)17-6-3-2-4-7-17/h2-4,6-7,9-12,14-15,25H,5,8,13H2,1H3. The molecule has 8 heteroatoms. The number of rotatable bonds is 5. The van der Waals surface area contributed by atoms with Crippen LogP contribution < -0.4 is 14.4 Å². The monoisotopic (exact) mass is 456 g/mol. The summed E-state index contributed by atoms with van der Waals surface area (Å²) in [6, 6.07) is 18.7. The Balaban J connectivity index is 1.65. The maximum atomic E-state index is 13.0. The molecule has 1 N–H and O–H groups in total. The number of hydrogen-bond donors (Lipinski definition) is 1. The number of methoxy groups -OCH3 is 1. The Labute approximate surface area is 186 Å². The quantitative estimate of drug-likeness (QED) is 0.601. The van der Waals surface area contributed by atoms with Gasteiger partial charge in [0.15, 0.2) is 0 Å². The molecule has 1 aliphatic heterocycles. The van der Waals surface area contributed by atoms with Gasteiger partial charge in [0.1, 0.15) is 10.6 Å². The van der Waals surface area contributed by atoms with E-state index in [1.807, 2.05) is 24.3 Å². The lowest BCUT2D eigenvalue weighted by molar-refractivity contribution is 0.0985. The zero-order chi connectivity index (χ0) is 22.0. The van der Waals surface area contributed by atoms with Crippen molar-refractivity contribution in [1.29, 1.82) is 0 Å². The molecular weight excluding hydrogens is 436 g/mol. The van der Waals surface area contributed by atoms with Crippen LogP contribution in [0.1, 0.15) is 22.3 Å². The van der Waals surface area contributed by atoms with E-state index in [1.165, 1.54) is 25.3 Å². The van der Waals surface area contributed by atoms with Gasteiger partial charge in [-0.05, 0) is 54.8 Å². The van der Waals surface area contributed by atoms with Crippen LogP contribution >= 0.6 is 11.6 Å². The summed E-state index contributed by atoms with van der Waals surface area (Å²) in [5.74, 6) is 0.354. The van der Waals surface area contributed by atoms with Crippen molar-refractivity contribution in [3.8, 4) is 5.75 Å². The largest absolute Gasteiger partial charge is 0.497 e. The molecule has 3 aromatic carbocycles. The van der Waals surface area contributed by atoms with E-state index in [4.69, 9.17) is 16.3 Å². The molecule has 1 heterocycles. The number of sulfonamides is 1. The van der Waals surface area contributed by atoms with Crippen molar-refractivity contribution >= 4 is 38.9 Å². The van der Waals surface area contributed by atoms with E-state index in [1.54, 1.807) is 29.2 Å². The number of nitrogens with one attached hydrogen (secondary N) is 1. The van der Waals surface area contributed by atoms with E-state index < -0.39 is 10.0 Å². The van der Waals surface area contributed by atoms with Gasteiger partial charge in [0.2, 0.25) is 0 Å². The molecule has 0 bridgehead atoms. The second kappa shape index (κ2) is 8.61. The Bertz CT molecular complexity index is 1230. The SMILES string of the molecule is COc1ccc(S(=O)(=O)Nc2ccc3c(c2)N(C(=O)c2ccccc2)CCC3)c(Cl)c1. The molecule has 6 nitrogen and oxygen atoms in total. The fourth-order valence-electron chi connectivity index (χ4n) is 3.62. The van der Waals surface area contributed by atoms with Gasteiger partial charge in [-0.15, -0.1) is 0 Å². The van der Waals surface area contributed by atoms with Crippen molar-refractivity contribution in [1.82, 2.24) is 0 Å². The first kappa shape index (κ1) is 21.2. The average molecular weight is 457 g/mol. The summed E-state index contributed by atoms with van der Waals surface area (Å²) in [5, 5.41) is 0.0608. The van der Waals surface area contributed by atoms with Gasteiger partial charge in [0, 0.05) is 23.9 Å². The van der Waals surface area contributed by atoms with Crippen molar-refractivity contribution in [2.75, 3.05) is 23.3 Å². The van der Waals surface area contributed by atoms with Crippen LogP contribution in [0.4, 0.5) is 11.4 Å². The van der Waals surface area contributed by atoms with Crippen molar-refractivity contribution < 1.29 is 17.9 Å². The first-order valence-corrected chi connectivity index (χ1v) is 11.6. The molecule has 0 fully saturated rings. The first-order valence-electron chi connectivity index (χ1n) is 9.75. The minimum Gasteiger partial charge on any atom is -0.497 e. The minimum absolute atomic E-state index is 0.0510. The van der Waals surface area contributed by atoms with Crippen LogP contribution in [0.2, 0.25) is 5.02 Å². The van der Waals surface area contributed by atoms with E-state index in [0.29, 0.717) is 29.2 Å². The maximum Gasteiger partial charge on any atom is 0.263 e. The predicted molar refractivity (Wildman–Crippen MR) is 122 cm³/mol. The van der Waals surface area contributed by atoms with Gasteiger partial charge in [-0.25, -0.2) is 8.42 Å². The van der Waals surface area contributed by atoms with Crippen molar-refractivity contribution in [3.05, 3.63) is 82.9 Å². The summed E-state index contributed by atoms with van der Waals surface area (Å²) >= 11 is 6.15. The third-order valence-corrected chi connectivity index (χ3v) is 7.01. The summed E-state index contributed by atoms with van der Waals surface area (Å²) in [6.07, 6.45) is 1.67. The Kier molecular flexibility index (Phi) is 5.89. The van der Waals surface area contributed by atoms with E-state index in [9.17, 15) is 13.2 Å². The molecule has 1 amide bonds. The highest BCUT2D eigenvalue weighted by Crippen LogP contribution is 2.33. The summed E-state index contributed by atoms with van der Waals surface area (Å²) < 4.78 is 33.5. The molecule has 4 rings (SSSR count). The van der Waals surface area contributed by atoms with Gasteiger partial charge < -0.3 is 9.64 Å². The molecule has 0 aliphatic carbocycles. The van der Waals surface area contributed by atoms with Crippen LogP contribution in [0, 0.1) is 0 Å². The molecule has 0 saturated carbocycles. The number of halogens is 1. The highest BCUT2D eigenvalue weighted by atomic mass is 35.5. The summed E-state index contributed by atoms with van der Waals surface area (Å²) in [7, 11) is -2.45. The number of anilines is 2. The molecule has 160 valence electrons. The lowest BCUT2D eigenvalue weighted by Gasteiger charge is -2.30. The van der Waals surface area contributed by atoms with E-state index >= 15 is 0 Å². The molecule has 3 aromatic rings. The number of amides is 1. The third-order valence-electron chi connectivity index (χ3n) is 5.15.